The standard InChI is InChI=1S/C14H16N2O4/c1-10-2-4-11(5-3-10)12(17)15-6-8-16(9-7-15)13(18)14(19)20/h2-5H,6-9H2,1H3,(H,19,20)/p-1. The number of hydrogen-bond donors (Lipinski definition) is 0. The van der Waals surface area contributed by atoms with E-state index in [1.54, 1.807) is 17.0 Å². The van der Waals surface area contributed by atoms with Crippen LogP contribution >= 0.6 is 0 Å². The van der Waals surface area contributed by atoms with Gasteiger partial charge in [0.25, 0.3) is 11.8 Å². The number of rotatable bonds is 1. The summed E-state index contributed by atoms with van der Waals surface area (Å²) in [5.41, 5.74) is 1.67. The van der Waals surface area contributed by atoms with Crippen molar-refractivity contribution in [1.82, 2.24) is 9.80 Å². The zero-order valence-electron chi connectivity index (χ0n) is 11.2. The first-order valence-electron chi connectivity index (χ1n) is 6.35. The van der Waals surface area contributed by atoms with Gasteiger partial charge in [0.1, 0.15) is 5.97 Å². The minimum Gasteiger partial charge on any atom is -0.540 e. The summed E-state index contributed by atoms with van der Waals surface area (Å²) >= 11 is 0. The van der Waals surface area contributed by atoms with Gasteiger partial charge in [0, 0.05) is 31.7 Å². The van der Waals surface area contributed by atoms with Gasteiger partial charge >= 0.3 is 0 Å². The highest BCUT2D eigenvalue weighted by atomic mass is 16.4. The summed E-state index contributed by atoms with van der Waals surface area (Å²) in [4.78, 5) is 36.7. The average Bonchev–Trinajstić information content (AvgIpc) is 2.46. The average molecular weight is 275 g/mol. The van der Waals surface area contributed by atoms with Crippen LogP contribution in [0.1, 0.15) is 15.9 Å². The Kier molecular flexibility index (Phi) is 4.02. The van der Waals surface area contributed by atoms with E-state index in [9.17, 15) is 19.5 Å². The first kappa shape index (κ1) is 14.0. The summed E-state index contributed by atoms with van der Waals surface area (Å²) < 4.78 is 0. The lowest BCUT2D eigenvalue weighted by atomic mass is 10.1. The Balaban J connectivity index is 1.97. The molecule has 1 aliphatic rings. The van der Waals surface area contributed by atoms with E-state index < -0.39 is 11.9 Å². The Labute approximate surface area is 116 Å². The number of benzene rings is 1. The Bertz CT molecular complexity index is 531. The van der Waals surface area contributed by atoms with Crippen molar-refractivity contribution in [1.29, 1.82) is 0 Å². The van der Waals surface area contributed by atoms with Crippen molar-refractivity contribution in [3.63, 3.8) is 0 Å². The van der Waals surface area contributed by atoms with Gasteiger partial charge in [-0.1, -0.05) is 17.7 Å². The summed E-state index contributed by atoms with van der Waals surface area (Å²) in [6, 6.07) is 7.25. The Morgan fingerprint density at radius 2 is 1.45 bits per heavy atom. The normalized spacial score (nSPS) is 15.1. The maximum absolute atomic E-state index is 12.2. The van der Waals surface area contributed by atoms with Crippen LogP contribution in [0.15, 0.2) is 24.3 Å². The fourth-order valence-corrected chi connectivity index (χ4v) is 2.12. The van der Waals surface area contributed by atoms with Crippen LogP contribution in [-0.4, -0.2) is 53.8 Å². The Morgan fingerprint density at radius 3 is 1.95 bits per heavy atom. The first-order chi connectivity index (χ1) is 9.49. The quantitative estimate of drug-likeness (QED) is 0.618. The summed E-state index contributed by atoms with van der Waals surface area (Å²) in [6.07, 6.45) is 0. The van der Waals surface area contributed by atoms with Crippen LogP contribution in [0, 0.1) is 6.92 Å². The van der Waals surface area contributed by atoms with Gasteiger partial charge in [0.05, 0.1) is 0 Å². The lowest BCUT2D eigenvalue weighted by Gasteiger charge is -2.34. The van der Waals surface area contributed by atoms with Crippen molar-refractivity contribution >= 4 is 17.8 Å². The van der Waals surface area contributed by atoms with Crippen molar-refractivity contribution in [2.45, 2.75) is 6.92 Å². The van der Waals surface area contributed by atoms with Crippen LogP contribution in [0.25, 0.3) is 0 Å². The number of aliphatic carboxylic acids is 1. The van der Waals surface area contributed by atoms with Crippen molar-refractivity contribution in [2.24, 2.45) is 0 Å². The summed E-state index contributed by atoms with van der Waals surface area (Å²) in [7, 11) is 0. The molecule has 0 radical (unpaired) electrons. The molecule has 0 N–H and O–H groups in total. The maximum Gasteiger partial charge on any atom is 0.269 e. The fourth-order valence-electron chi connectivity index (χ4n) is 2.12. The van der Waals surface area contributed by atoms with Crippen LogP contribution in [0.5, 0.6) is 0 Å². The zero-order chi connectivity index (χ0) is 14.7. The molecule has 20 heavy (non-hydrogen) atoms. The molecule has 1 aromatic carbocycles. The lowest BCUT2D eigenvalue weighted by Crippen LogP contribution is -2.54. The van der Waals surface area contributed by atoms with Crippen molar-refractivity contribution in [3.05, 3.63) is 35.4 Å². The molecule has 0 aliphatic carbocycles. The van der Waals surface area contributed by atoms with Crippen LogP contribution in [0.4, 0.5) is 0 Å². The number of carbonyl (C=O) groups is 3. The predicted molar refractivity (Wildman–Crippen MR) is 68.7 cm³/mol. The molecular weight excluding hydrogens is 260 g/mol. The van der Waals surface area contributed by atoms with Gasteiger partial charge in [0.15, 0.2) is 0 Å². The van der Waals surface area contributed by atoms with Gasteiger partial charge in [-0.05, 0) is 19.1 Å². The van der Waals surface area contributed by atoms with Crippen LogP contribution in [0.2, 0.25) is 0 Å². The molecule has 0 atom stereocenters. The third-order valence-electron chi connectivity index (χ3n) is 3.33. The van der Waals surface area contributed by atoms with Crippen molar-refractivity contribution in [2.75, 3.05) is 26.2 Å². The molecule has 0 saturated carbocycles. The highest BCUT2D eigenvalue weighted by molar-refractivity contribution is 6.30. The first-order valence-corrected chi connectivity index (χ1v) is 6.35. The smallest absolute Gasteiger partial charge is 0.269 e. The molecular formula is C14H15N2O4-. The van der Waals surface area contributed by atoms with E-state index in [-0.39, 0.29) is 19.0 Å². The predicted octanol–water partition coefficient (Wildman–Crippen LogP) is -0.971. The van der Waals surface area contributed by atoms with E-state index in [1.165, 1.54) is 4.90 Å². The molecule has 1 heterocycles. The van der Waals surface area contributed by atoms with Crippen LogP contribution < -0.4 is 5.11 Å². The van der Waals surface area contributed by atoms with E-state index in [0.29, 0.717) is 18.7 Å². The molecule has 6 heteroatoms. The molecule has 2 rings (SSSR count). The summed E-state index contributed by atoms with van der Waals surface area (Å²) in [6.45, 7) is 3.02. The lowest BCUT2D eigenvalue weighted by molar-refractivity contribution is -0.301. The van der Waals surface area contributed by atoms with Gasteiger partial charge in [-0.3, -0.25) is 9.59 Å². The monoisotopic (exact) mass is 275 g/mol. The minimum absolute atomic E-state index is 0.106. The number of nitrogens with zero attached hydrogens (tertiary/aromatic N) is 2. The van der Waals surface area contributed by atoms with E-state index in [0.717, 1.165) is 5.56 Å². The maximum atomic E-state index is 12.2. The van der Waals surface area contributed by atoms with Crippen molar-refractivity contribution < 1.29 is 19.5 Å². The van der Waals surface area contributed by atoms with Gasteiger partial charge in [0.2, 0.25) is 0 Å². The molecule has 0 aromatic heterocycles. The number of hydrogen-bond acceptors (Lipinski definition) is 4. The number of amides is 2. The van der Waals surface area contributed by atoms with Crippen LogP contribution in [-0.2, 0) is 9.59 Å². The molecule has 2 amide bonds. The van der Waals surface area contributed by atoms with E-state index in [4.69, 9.17) is 0 Å². The van der Waals surface area contributed by atoms with Gasteiger partial charge in [-0.15, -0.1) is 0 Å². The second-order valence-electron chi connectivity index (χ2n) is 4.74. The molecule has 1 fully saturated rings. The van der Waals surface area contributed by atoms with Gasteiger partial charge in [-0.2, -0.15) is 0 Å². The SMILES string of the molecule is Cc1ccc(C(=O)N2CCN(C(=O)C(=O)[O-])CC2)cc1. The van der Waals surface area contributed by atoms with Crippen LogP contribution in [0.3, 0.4) is 0 Å². The molecule has 0 spiro atoms. The minimum atomic E-state index is -1.71. The highest BCUT2D eigenvalue weighted by Gasteiger charge is 2.25. The fraction of sp³-hybridized carbons (Fsp3) is 0.357. The summed E-state index contributed by atoms with van der Waals surface area (Å²) in [5, 5.41) is 10.5. The third-order valence-corrected chi connectivity index (χ3v) is 3.33. The number of piperazine rings is 1. The van der Waals surface area contributed by atoms with E-state index >= 15 is 0 Å². The molecule has 1 saturated heterocycles. The molecule has 1 aromatic rings. The highest BCUT2D eigenvalue weighted by Crippen LogP contribution is 2.10. The molecule has 106 valence electrons. The topological polar surface area (TPSA) is 80.8 Å². The number of carbonyl (C=O) groups excluding carboxylic acids is 3. The molecule has 1 aliphatic heterocycles. The van der Waals surface area contributed by atoms with E-state index in [1.807, 2.05) is 19.1 Å². The molecule has 6 nitrogen and oxygen atoms in total. The Morgan fingerprint density at radius 1 is 0.950 bits per heavy atom. The number of carboxylic acids is 1. The Hall–Kier alpha value is -2.37. The van der Waals surface area contributed by atoms with Gasteiger partial charge < -0.3 is 19.7 Å². The number of aryl methyl sites for hydroxylation is 1. The van der Waals surface area contributed by atoms with Crippen molar-refractivity contribution in [3.8, 4) is 0 Å². The molecule has 0 unspecified atom stereocenters. The number of carboxylic acid groups (broad SMARTS) is 1. The van der Waals surface area contributed by atoms with E-state index in [2.05, 4.69) is 0 Å². The zero-order valence-corrected chi connectivity index (χ0v) is 11.2. The largest absolute Gasteiger partial charge is 0.540 e. The second-order valence-corrected chi connectivity index (χ2v) is 4.74. The second kappa shape index (κ2) is 5.73. The third kappa shape index (κ3) is 2.96. The summed E-state index contributed by atoms with van der Waals surface area (Å²) in [5.74, 6) is -2.83. The molecule has 0 bridgehead atoms. The van der Waals surface area contributed by atoms with Gasteiger partial charge in [-0.25, -0.2) is 0 Å².